The number of β-amino-alcohol motifs (C(OH)–C–C–N with tert-alkyl or cyclic N) is 1. The van der Waals surface area contributed by atoms with Crippen LogP contribution in [0.1, 0.15) is 21.9 Å². The van der Waals surface area contributed by atoms with Crippen LogP contribution in [0.5, 0.6) is 0 Å². The molecule has 0 radical (unpaired) electrons. The predicted molar refractivity (Wildman–Crippen MR) is 85.3 cm³/mol. The van der Waals surface area contributed by atoms with Crippen molar-refractivity contribution < 1.29 is 18.7 Å². The van der Waals surface area contributed by atoms with Crippen molar-refractivity contribution in [1.82, 2.24) is 29.9 Å². The lowest BCUT2D eigenvalue weighted by molar-refractivity contribution is 0.0758. The molecule has 0 saturated carbocycles. The lowest BCUT2D eigenvalue weighted by Gasteiger charge is -2.12. The second kappa shape index (κ2) is 6.64. The number of alkyl halides is 1. The summed E-state index contributed by atoms with van der Waals surface area (Å²) < 4.78 is 20.2. The highest BCUT2D eigenvalue weighted by Gasteiger charge is 2.35. The van der Waals surface area contributed by atoms with Crippen LogP contribution < -0.4 is 0 Å². The van der Waals surface area contributed by atoms with Crippen molar-refractivity contribution in [1.29, 1.82) is 0 Å². The van der Waals surface area contributed by atoms with Crippen LogP contribution in [-0.2, 0) is 6.42 Å². The van der Waals surface area contributed by atoms with Crippen molar-refractivity contribution in [2.24, 2.45) is 0 Å². The standard InChI is InChI=1S/C16H15FN6O3/c17-11-7-22(8-13(11)24)16(25)12-9-26-15(20-12)5-10-1-2-14(18-6-10)23-4-3-19-21-23/h1-4,6,9,11,13,24H,5,7-8H2/t11-,13-/m1/s1. The number of hydrogen-bond donors (Lipinski definition) is 1. The number of aliphatic hydroxyl groups excluding tert-OH is 1. The van der Waals surface area contributed by atoms with E-state index in [0.29, 0.717) is 18.1 Å². The largest absolute Gasteiger partial charge is 0.448 e. The number of nitrogens with zero attached hydrogens (tertiary/aromatic N) is 6. The summed E-state index contributed by atoms with van der Waals surface area (Å²) in [5.41, 5.74) is 0.934. The van der Waals surface area contributed by atoms with E-state index in [1.807, 2.05) is 6.07 Å². The molecular weight excluding hydrogens is 343 g/mol. The molecule has 26 heavy (non-hydrogen) atoms. The van der Waals surface area contributed by atoms with Crippen molar-refractivity contribution in [3.63, 3.8) is 0 Å². The first-order valence-electron chi connectivity index (χ1n) is 7.97. The van der Waals surface area contributed by atoms with Crippen LogP contribution in [0, 0.1) is 0 Å². The van der Waals surface area contributed by atoms with Crippen LogP contribution in [0.15, 0.2) is 41.4 Å². The molecule has 9 nitrogen and oxygen atoms in total. The van der Waals surface area contributed by atoms with E-state index in [-0.39, 0.29) is 18.8 Å². The van der Waals surface area contributed by atoms with Gasteiger partial charge in [0.15, 0.2) is 17.4 Å². The van der Waals surface area contributed by atoms with E-state index in [9.17, 15) is 14.3 Å². The first-order valence-corrected chi connectivity index (χ1v) is 7.97. The summed E-state index contributed by atoms with van der Waals surface area (Å²) in [6.45, 7) is -0.189. The number of aromatic nitrogens is 5. The van der Waals surface area contributed by atoms with Crippen molar-refractivity contribution in [3.05, 3.63) is 54.1 Å². The maximum atomic E-state index is 13.4. The summed E-state index contributed by atoms with van der Waals surface area (Å²) in [5, 5.41) is 17.0. The Labute approximate surface area is 147 Å². The van der Waals surface area contributed by atoms with E-state index in [0.717, 1.165) is 5.56 Å². The summed E-state index contributed by atoms with van der Waals surface area (Å²) in [6, 6.07) is 3.63. The van der Waals surface area contributed by atoms with Crippen LogP contribution in [0.3, 0.4) is 0 Å². The molecule has 0 aromatic carbocycles. The number of oxazole rings is 1. The highest BCUT2D eigenvalue weighted by molar-refractivity contribution is 5.92. The highest BCUT2D eigenvalue weighted by Crippen LogP contribution is 2.17. The summed E-state index contributed by atoms with van der Waals surface area (Å²) >= 11 is 0. The minimum Gasteiger partial charge on any atom is -0.448 e. The number of likely N-dealkylation sites (tertiary alicyclic amines) is 1. The molecule has 1 aliphatic heterocycles. The maximum Gasteiger partial charge on any atom is 0.276 e. The monoisotopic (exact) mass is 358 g/mol. The molecule has 1 aliphatic rings. The minimum absolute atomic E-state index is 0.0458. The van der Waals surface area contributed by atoms with Crippen LogP contribution in [0.4, 0.5) is 4.39 Å². The second-order valence-corrected chi connectivity index (χ2v) is 5.97. The third-order valence-corrected chi connectivity index (χ3v) is 4.10. The molecule has 4 rings (SSSR count). The second-order valence-electron chi connectivity index (χ2n) is 5.97. The van der Waals surface area contributed by atoms with Gasteiger partial charge in [-0.15, -0.1) is 5.10 Å². The maximum absolute atomic E-state index is 13.4. The van der Waals surface area contributed by atoms with Gasteiger partial charge in [0.2, 0.25) is 0 Å². The van der Waals surface area contributed by atoms with E-state index in [1.165, 1.54) is 15.8 Å². The van der Waals surface area contributed by atoms with Gasteiger partial charge in [0.25, 0.3) is 5.91 Å². The molecule has 3 aromatic heterocycles. The molecule has 1 saturated heterocycles. The van der Waals surface area contributed by atoms with Gasteiger partial charge >= 0.3 is 0 Å². The van der Waals surface area contributed by atoms with Gasteiger partial charge in [-0.2, -0.15) is 0 Å². The van der Waals surface area contributed by atoms with E-state index in [2.05, 4.69) is 20.3 Å². The third kappa shape index (κ3) is 3.18. The van der Waals surface area contributed by atoms with Gasteiger partial charge in [0.1, 0.15) is 18.5 Å². The Hall–Kier alpha value is -3.14. The van der Waals surface area contributed by atoms with Crippen LogP contribution in [-0.4, -0.2) is 66.2 Å². The quantitative estimate of drug-likeness (QED) is 0.718. The summed E-state index contributed by atoms with van der Waals surface area (Å²) in [4.78, 5) is 21.9. The summed E-state index contributed by atoms with van der Waals surface area (Å²) in [5.74, 6) is 0.516. The predicted octanol–water partition coefficient (Wildman–Crippen LogP) is 0.396. The fourth-order valence-corrected chi connectivity index (χ4v) is 2.73. The number of carbonyl (C=O) groups excluding carboxylic acids is 1. The zero-order valence-corrected chi connectivity index (χ0v) is 13.6. The Morgan fingerprint density at radius 3 is 2.92 bits per heavy atom. The zero-order valence-electron chi connectivity index (χ0n) is 13.6. The van der Waals surface area contributed by atoms with Gasteiger partial charge in [0, 0.05) is 6.20 Å². The molecule has 10 heteroatoms. The van der Waals surface area contributed by atoms with E-state index < -0.39 is 18.2 Å². The fourth-order valence-electron chi connectivity index (χ4n) is 2.73. The Bertz CT molecular complexity index is 885. The Kier molecular flexibility index (Phi) is 4.17. The van der Waals surface area contributed by atoms with Gasteiger partial charge in [-0.3, -0.25) is 4.79 Å². The van der Waals surface area contributed by atoms with E-state index in [4.69, 9.17) is 4.42 Å². The molecular formula is C16H15FN6O3. The molecule has 4 heterocycles. The number of pyridine rings is 1. The lowest BCUT2D eigenvalue weighted by Crippen LogP contribution is -2.29. The molecule has 1 fully saturated rings. The Balaban J connectivity index is 1.43. The molecule has 1 amide bonds. The number of amides is 1. The Morgan fingerprint density at radius 2 is 2.27 bits per heavy atom. The van der Waals surface area contributed by atoms with Crippen LogP contribution in [0.2, 0.25) is 0 Å². The topological polar surface area (TPSA) is 110 Å². The van der Waals surface area contributed by atoms with Gasteiger partial charge in [-0.1, -0.05) is 11.3 Å². The molecule has 0 bridgehead atoms. The molecule has 134 valence electrons. The number of rotatable bonds is 4. The molecule has 0 aliphatic carbocycles. The van der Waals surface area contributed by atoms with E-state index in [1.54, 1.807) is 24.7 Å². The fraction of sp³-hybridized carbons (Fsp3) is 0.312. The van der Waals surface area contributed by atoms with Crippen molar-refractivity contribution in [2.75, 3.05) is 13.1 Å². The van der Waals surface area contributed by atoms with Crippen molar-refractivity contribution in [2.45, 2.75) is 18.7 Å². The van der Waals surface area contributed by atoms with Crippen molar-refractivity contribution >= 4 is 5.91 Å². The SMILES string of the molecule is O=C(c1coc(Cc2ccc(-n3ccnn3)nc2)n1)N1C[C@@H](O)[C@H](F)C1. The van der Waals surface area contributed by atoms with Crippen LogP contribution >= 0.6 is 0 Å². The van der Waals surface area contributed by atoms with Crippen LogP contribution in [0.25, 0.3) is 5.82 Å². The highest BCUT2D eigenvalue weighted by atomic mass is 19.1. The molecule has 3 aromatic rings. The smallest absolute Gasteiger partial charge is 0.276 e. The average molecular weight is 358 g/mol. The van der Waals surface area contributed by atoms with Gasteiger partial charge in [-0.05, 0) is 11.6 Å². The van der Waals surface area contributed by atoms with Crippen molar-refractivity contribution in [3.8, 4) is 5.82 Å². The zero-order chi connectivity index (χ0) is 18.1. The van der Waals surface area contributed by atoms with E-state index >= 15 is 0 Å². The normalized spacial score (nSPS) is 19.8. The first kappa shape index (κ1) is 16.3. The third-order valence-electron chi connectivity index (χ3n) is 4.10. The van der Waals surface area contributed by atoms with Gasteiger partial charge in [-0.25, -0.2) is 19.0 Å². The number of aliphatic hydroxyl groups is 1. The molecule has 0 unspecified atom stereocenters. The first-order chi connectivity index (χ1) is 12.6. The molecule has 0 spiro atoms. The average Bonchev–Trinajstić information content (AvgIpc) is 3.38. The molecule has 1 N–H and O–H groups in total. The number of hydrogen-bond acceptors (Lipinski definition) is 7. The lowest BCUT2D eigenvalue weighted by atomic mass is 10.2. The summed E-state index contributed by atoms with van der Waals surface area (Å²) in [7, 11) is 0. The number of halogens is 1. The van der Waals surface area contributed by atoms with Gasteiger partial charge < -0.3 is 14.4 Å². The summed E-state index contributed by atoms with van der Waals surface area (Å²) in [6.07, 6.45) is 3.92. The number of carbonyl (C=O) groups is 1. The van der Waals surface area contributed by atoms with Gasteiger partial charge in [0.05, 0.1) is 31.9 Å². The minimum atomic E-state index is -1.43. The Morgan fingerprint density at radius 1 is 1.38 bits per heavy atom. The molecule has 2 atom stereocenters.